The Hall–Kier alpha value is -1.29. The van der Waals surface area contributed by atoms with Crippen molar-refractivity contribution in [2.75, 3.05) is 16.8 Å². The molecule has 3 rings (SSSR count). The van der Waals surface area contributed by atoms with Crippen LogP contribution in [0.15, 0.2) is 12.3 Å². The molecule has 0 spiro atoms. The minimum Gasteiger partial charge on any atom is -0.343 e. The molecule has 1 saturated heterocycles. The van der Waals surface area contributed by atoms with Crippen molar-refractivity contribution in [2.24, 2.45) is 0 Å². The van der Waals surface area contributed by atoms with Gasteiger partial charge in [0.15, 0.2) is 5.82 Å². The quantitative estimate of drug-likeness (QED) is 0.728. The molecule has 1 amide bonds. The van der Waals surface area contributed by atoms with E-state index in [4.69, 9.17) is 11.6 Å². The zero-order chi connectivity index (χ0) is 10.4. The standard InChI is InChI=1S/C10H10ClN3O/c11-6-4-7-9(12-5-6)14-3-1-2-8(14)10(15)13-7/h4-5,8H,1-3H2,(H,13,15)/t8-/m0/s1. The molecule has 0 aromatic carbocycles. The lowest BCUT2D eigenvalue weighted by Crippen LogP contribution is -2.44. The van der Waals surface area contributed by atoms with E-state index in [-0.39, 0.29) is 11.9 Å². The molecule has 2 aliphatic heterocycles. The summed E-state index contributed by atoms with van der Waals surface area (Å²) in [6.45, 7) is 0.902. The van der Waals surface area contributed by atoms with Gasteiger partial charge in [-0.3, -0.25) is 4.79 Å². The second-order valence-corrected chi connectivity index (χ2v) is 4.30. The number of fused-ring (bicyclic) bond motifs is 3. The molecule has 1 atom stereocenters. The molecule has 0 unspecified atom stereocenters. The van der Waals surface area contributed by atoms with E-state index in [0.717, 1.165) is 30.9 Å². The van der Waals surface area contributed by atoms with Gasteiger partial charge in [-0.25, -0.2) is 4.98 Å². The van der Waals surface area contributed by atoms with Gasteiger partial charge >= 0.3 is 0 Å². The van der Waals surface area contributed by atoms with Crippen molar-refractivity contribution in [1.82, 2.24) is 4.98 Å². The Kier molecular flexibility index (Phi) is 1.85. The Morgan fingerprint density at radius 3 is 3.33 bits per heavy atom. The van der Waals surface area contributed by atoms with Crippen molar-refractivity contribution in [3.8, 4) is 0 Å². The van der Waals surface area contributed by atoms with Gasteiger partial charge in [0.2, 0.25) is 5.91 Å². The Balaban J connectivity index is 2.11. The zero-order valence-corrected chi connectivity index (χ0v) is 8.79. The molecule has 1 aromatic rings. The predicted molar refractivity (Wildman–Crippen MR) is 58.2 cm³/mol. The molecule has 1 aromatic heterocycles. The summed E-state index contributed by atoms with van der Waals surface area (Å²) in [4.78, 5) is 18.1. The monoisotopic (exact) mass is 223 g/mol. The Bertz CT molecular complexity index is 435. The number of anilines is 2. The van der Waals surface area contributed by atoms with Gasteiger partial charge in [0, 0.05) is 12.7 Å². The Morgan fingerprint density at radius 2 is 2.47 bits per heavy atom. The summed E-state index contributed by atoms with van der Waals surface area (Å²) in [7, 11) is 0. The maximum atomic E-state index is 11.7. The molecule has 78 valence electrons. The van der Waals surface area contributed by atoms with Gasteiger partial charge < -0.3 is 10.2 Å². The number of halogens is 1. The molecular weight excluding hydrogens is 214 g/mol. The van der Waals surface area contributed by atoms with E-state index in [0.29, 0.717) is 5.02 Å². The number of hydrogen-bond donors (Lipinski definition) is 1. The lowest BCUT2D eigenvalue weighted by molar-refractivity contribution is -0.117. The molecule has 0 bridgehead atoms. The van der Waals surface area contributed by atoms with Crippen LogP contribution in [0.1, 0.15) is 12.8 Å². The molecule has 1 fully saturated rings. The molecular formula is C10H10ClN3O. The number of aromatic nitrogens is 1. The summed E-state index contributed by atoms with van der Waals surface area (Å²) < 4.78 is 0. The van der Waals surface area contributed by atoms with Crippen molar-refractivity contribution >= 4 is 29.0 Å². The third-order valence-corrected chi connectivity index (χ3v) is 3.13. The highest BCUT2D eigenvalue weighted by Gasteiger charge is 2.37. The average molecular weight is 224 g/mol. The molecule has 1 N–H and O–H groups in total. The minimum absolute atomic E-state index is 0.0359. The van der Waals surface area contributed by atoms with Crippen LogP contribution >= 0.6 is 11.6 Å². The second kappa shape index (κ2) is 3.10. The fourth-order valence-corrected chi connectivity index (χ4v) is 2.42. The normalized spacial score (nSPS) is 23.4. The summed E-state index contributed by atoms with van der Waals surface area (Å²) in [6, 6.07) is 1.71. The van der Waals surface area contributed by atoms with Gasteiger partial charge in [0.1, 0.15) is 6.04 Å². The number of nitrogens with zero attached hydrogens (tertiary/aromatic N) is 2. The number of carbonyl (C=O) groups excluding carboxylic acids is 1. The van der Waals surface area contributed by atoms with Gasteiger partial charge in [0.05, 0.1) is 10.7 Å². The van der Waals surface area contributed by atoms with Crippen LogP contribution in [0.4, 0.5) is 11.5 Å². The molecule has 0 saturated carbocycles. The molecule has 0 radical (unpaired) electrons. The van der Waals surface area contributed by atoms with Crippen molar-refractivity contribution < 1.29 is 4.79 Å². The maximum Gasteiger partial charge on any atom is 0.247 e. The fourth-order valence-electron chi connectivity index (χ4n) is 2.26. The van der Waals surface area contributed by atoms with Gasteiger partial charge in [0.25, 0.3) is 0 Å². The number of hydrogen-bond acceptors (Lipinski definition) is 3. The first-order valence-corrected chi connectivity index (χ1v) is 5.36. The first-order valence-electron chi connectivity index (χ1n) is 4.99. The Labute approximate surface area is 92.2 Å². The van der Waals surface area contributed by atoms with Crippen molar-refractivity contribution in [3.05, 3.63) is 17.3 Å². The predicted octanol–water partition coefficient (Wildman–Crippen LogP) is 1.66. The van der Waals surface area contributed by atoms with Crippen LogP contribution in [0.2, 0.25) is 5.02 Å². The van der Waals surface area contributed by atoms with E-state index in [1.165, 1.54) is 0 Å². The zero-order valence-electron chi connectivity index (χ0n) is 8.03. The summed E-state index contributed by atoms with van der Waals surface area (Å²) in [6.07, 6.45) is 3.57. The van der Waals surface area contributed by atoms with E-state index in [9.17, 15) is 4.79 Å². The number of rotatable bonds is 0. The van der Waals surface area contributed by atoms with E-state index < -0.39 is 0 Å². The highest BCUT2D eigenvalue weighted by molar-refractivity contribution is 6.31. The maximum absolute atomic E-state index is 11.7. The van der Waals surface area contributed by atoms with Crippen LogP contribution < -0.4 is 10.2 Å². The molecule has 5 heteroatoms. The highest BCUT2D eigenvalue weighted by Crippen LogP contribution is 2.35. The molecule has 3 heterocycles. The van der Waals surface area contributed by atoms with Gasteiger partial charge in [-0.15, -0.1) is 0 Å². The van der Waals surface area contributed by atoms with Crippen molar-refractivity contribution in [2.45, 2.75) is 18.9 Å². The van der Waals surface area contributed by atoms with Crippen molar-refractivity contribution in [3.63, 3.8) is 0 Å². The molecule has 2 aliphatic rings. The van der Waals surface area contributed by atoms with Crippen LogP contribution in [0.25, 0.3) is 0 Å². The van der Waals surface area contributed by atoms with Crippen molar-refractivity contribution in [1.29, 1.82) is 0 Å². The third kappa shape index (κ3) is 1.28. The van der Waals surface area contributed by atoms with E-state index >= 15 is 0 Å². The van der Waals surface area contributed by atoms with Crippen LogP contribution in [0.3, 0.4) is 0 Å². The Morgan fingerprint density at radius 1 is 1.60 bits per heavy atom. The third-order valence-electron chi connectivity index (χ3n) is 2.92. The minimum atomic E-state index is -0.0359. The largest absolute Gasteiger partial charge is 0.343 e. The summed E-state index contributed by atoms with van der Waals surface area (Å²) in [5.74, 6) is 0.908. The van der Waals surface area contributed by atoms with Gasteiger partial charge in [-0.2, -0.15) is 0 Å². The van der Waals surface area contributed by atoms with Gasteiger partial charge in [-0.05, 0) is 18.9 Å². The van der Waals surface area contributed by atoms with Gasteiger partial charge in [-0.1, -0.05) is 11.6 Å². The van der Waals surface area contributed by atoms with Crippen LogP contribution in [0, 0.1) is 0 Å². The van der Waals surface area contributed by atoms with E-state index in [2.05, 4.69) is 15.2 Å². The average Bonchev–Trinajstić information content (AvgIpc) is 2.66. The number of carbonyl (C=O) groups is 1. The molecule has 4 nitrogen and oxygen atoms in total. The first-order chi connectivity index (χ1) is 7.25. The summed E-state index contributed by atoms with van der Waals surface area (Å²) in [5.41, 5.74) is 0.727. The van der Waals surface area contributed by atoms with Crippen LogP contribution in [-0.4, -0.2) is 23.5 Å². The highest BCUT2D eigenvalue weighted by atomic mass is 35.5. The second-order valence-electron chi connectivity index (χ2n) is 3.87. The number of pyridine rings is 1. The van der Waals surface area contributed by atoms with Crippen LogP contribution in [-0.2, 0) is 4.79 Å². The summed E-state index contributed by atoms with van der Waals surface area (Å²) >= 11 is 5.83. The van der Waals surface area contributed by atoms with E-state index in [1.807, 2.05) is 0 Å². The molecule has 15 heavy (non-hydrogen) atoms. The van der Waals surface area contributed by atoms with Crippen LogP contribution in [0.5, 0.6) is 0 Å². The smallest absolute Gasteiger partial charge is 0.247 e. The number of amides is 1. The summed E-state index contributed by atoms with van der Waals surface area (Å²) in [5, 5.41) is 3.39. The van der Waals surface area contributed by atoms with E-state index in [1.54, 1.807) is 12.3 Å². The lowest BCUT2D eigenvalue weighted by atomic mass is 10.1. The lowest BCUT2D eigenvalue weighted by Gasteiger charge is -2.31. The fraction of sp³-hybridized carbons (Fsp3) is 0.400. The SMILES string of the molecule is O=C1Nc2cc(Cl)cnc2N2CCC[C@@H]12. The first kappa shape index (κ1) is 8.97. The molecule has 0 aliphatic carbocycles. The topological polar surface area (TPSA) is 45.2 Å². The number of nitrogens with one attached hydrogen (secondary N) is 1.